The second-order valence-corrected chi connectivity index (χ2v) is 16.6. The SMILES string of the molecule is C/C(=C\[C@@H](C)CCCCC(=O)O)[C@H]1O[C@@H]2C=C[C@@H]1OC(=O)/C=C\C=CC=C[C@H]1O[C@H]3C[C@H]1O[C@@H](/C=C/C[C@@H]1O[C@H](C[C@@H](O)[C@H]1C)[C@@H](O)[C@H](O)/C=C/CC/C=C/C2)[C@H]3C. The van der Waals surface area contributed by atoms with Gasteiger partial charge in [-0.1, -0.05) is 106 Å². The minimum Gasteiger partial charge on any atom is -0.481 e. The molecular formula is C47H66O11. The second-order valence-electron chi connectivity index (χ2n) is 16.6. The summed E-state index contributed by atoms with van der Waals surface area (Å²) < 4.78 is 31.5. The highest BCUT2D eigenvalue weighted by Crippen LogP contribution is 2.38. The van der Waals surface area contributed by atoms with Crippen LogP contribution in [0.25, 0.3) is 0 Å². The Balaban J connectivity index is 1.29. The van der Waals surface area contributed by atoms with Crippen LogP contribution in [0.4, 0.5) is 0 Å². The Labute approximate surface area is 344 Å². The molecule has 0 unspecified atom stereocenters. The van der Waals surface area contributed by atoms with Crippen LogP contribution in [0.15, 0.2) is 96.7 Å². The van der Waals surface area contributed by atoms with Gasteiger partial charge in [0, 0.05) is 37.2 Å². The molecule has 0 amide bonds. The maximum atomic E-state index is 13.0. The van der Waals surface area contributed by atoms with E-state index < -0.39 is 48.6 Å². The number of aliphatic hydroxyl groups is 3. The summed E-state index contributed by atoms with van der Waals surface area (Å²) >= 11 is 0. The van der Waals surface area contributed by atoms with Crippen molar-refractivity contribution in [2.45, 2.75) is 165 Å². The van der Waals surface area contributed by atoms with Gasteiger partial charge in [0.05, 0.1) is 42.7 Å². The maximum absolute atomic E-state index is 13.0. The van der Waals surface area contributed by atoms with Crippen LogP contribution >= 0.6 is 0 Å². The van der Waals surface area contributed by atoms with E-state index in [-0.39, 0.29) is 67.2 Å². The Hall–Kier alpha value is -3.42. The summed E-state index contributed by atoms with van der Waals surface area (Å²) in [4.78, 5) is 23.9. The second kappa shape index (κ2) is 22.8. The van der Waals surface area contributed by atoms with Crippen molar-refractivity contribution in [3.63, 3.8) is 0 Å². The molecule has 6 heterocycles. The predicted molar refractivity (Wildman–Crippen MR) is 222 cm³/mol. The van der Waals surface area contributed by atoms with E-state index in [9.17, 15) is 24.9 Å². The van der Waals surface area contributed by atoms with Crippen LogP contribution in [0.1, 0.15) is 91.9 Å². The minimum absolute atomic E-state index is 0.0508. The van der Waals surface area contributed by atoms with Gasteiger partial charge >= 0.3 is 11.9 Å². The Morgan fingerprint density at radius 3 is 2.34 bits per heavy atom. The summed E-state index contributed by atoms with van der Waals surface area (Å²) in [5.74, 6) is -1.09. The molecule has 0 aromatic carbocycles. The van der Waals surface area contributed by atoms with Crippen LogP contribution in [-0.2, 0) is 33.3 Å². The van der Waals surface area contributed by atoms with Crippen LogP contribution in [0.2, 0.25) is 0 Å². The summed E-state index contributed by atoms with van der Waals surface area (Å²) in [6, 6.07) is 0. The molecule has 15 atom stereocenters. The Morgan fingerprint density at radius 2 is 1.53 bits per heavy atom. The quantitative estimate of drug-likeness (QED) is 0.122. The molecule has 0 aromatic heterocycles. The van der Waals surface area contributed by atoms with Crippen LogP contribution in [-0.4, -0.2) is 106 Å². The number of carbonyl (C=O) groups is 2. The number of aliphatic hydroxyl groups excluding tert-OH is 3. The highest BCUT2D eigenvalue weighted by molar-refractivity contribution is 5.82. The molecule has 6 aliphatic rings. The first-order valence-corrected chi connectivity index (χ1v) is 21.3. The molecule has 3 saturated heterocycles. The number of allylic oxidation sites excluding steroid dienone is 7. The zero-order valence-electron chi connectivity index (χ0n) is 34.5. The lowest BCUT2D eigenvalue weighted by Gasteiger charge is -2.40. The van der Waals surface area contributed by atoms with Crippen molar-refractivity contribution in [3.05, 3.63) is 96.7 Å². The van der Waals surface area contributed by atoms with E-state index in [0.29, 0.717) is 25.7 Å². The van der Waals surface area contributed by atoms with Gasteiger partial charge in [0.25, 0.3) is 0 Å². The Kier molecular flexibility index (Phi) is 18.0. The van der Waals surface area contributed by atoms with Crippen LogP contribution in [0, 0.1) is 17.8 Å². The molecule has 0 saturated carbocycles. The van der Waals surface area contributed by atoms with Crippen LogP contribution < -0.4 is 0 Å². The molecule has 0 aliphatic carbocycles. The molecule has 6 aliphatic heterocycles. The molecule has 320 valence electrons. The van der Waals surface area contributed by atoms with Crippen LogP contribution in [0.3, 0.4) is 0 Å². The van der Waals surface area contributed by atoms with E-state index in [0.717, 1.165) is 31.3 Å². The van der Waals surface area contributed by atoms with Crippen molar-refractivity contribution < 1.29 is 53.7 Å². The van der Waals surface area contributed by atoms with Crippen molar-refractivity contribution >= 4 is 11.9 Å². The minimum atomic E-state index is -1.18. The van der Waals surface area contributed by atoms with Gasteiger partial charge in [0.1, 0.15) is 24.4 Å². The fraction of sp³-hybridized carbons (Fsp3) is 0.617. The zero-order valence-corrected chi connectivity index (χ0v) is 34.5. The van der Waals surface area contributed by atoms with Gasteiger partial charge < -0.3 is 44.1 Å². The fourth-order valence-electron chi connectivity index (χ4n) is 8.38. The van der Waals surface area contributed by atoms with E-state index in [4.69, 9.17) is 28.8 Å². The largest absolute Gasteiger partial charge is 0.481 e. The summed E-state index contributed by atoms with van der Waals surface area (Å²) in [5, 5.41) is 41.7. The van der Waals surface area contributed by atoms with Crippen molar-refractivity contribution in [3.8, 4) is 0 Å². The summed E-state index contributed by atoms with van der Waals surface area (Å²) in [6.07, 6.45) is 28.3. The first-order valence-electron chi connectivity index (χ1n) is 21.3. The van der Waals surface area contributed by atoms with E-state index in [1.165, 1.54) is 6.08 Å². The van der Waals surface area contributed by atoms with Gasteiger partial charge in [0.2, 0.25) is 0 Å². The van der Waals surface area contributed by atoms with Crippen molar-refractivity contribution in [2.75, 3.05) is 0 Å². The average molecular weight is 807 g/mol. The van der Waals surface area contributed by atoms with Crippen LogP contribution in [0.5, 0.6) is 0 Å². The molecule has 11 nitrogen and oxygen atoms in total. The highest BCUT2D eigenvalue weighted by Gasteiger charge is 2.45. The van der Waals surface area contributed by atoms with Gasteiger partial charge in [0.15, 0.2) is 6.10 Å². The number of fused-ring (bicyclic) bond motifs is 13. The van der Waals surface area contributed by atoms with E-state index >= 15 is 0 Å². The third-order valence-corrected chi connectivity index (χ3v) is 12.0. The normalized spacial score (nSPS) is 40.6. The first-order chi connectivity index (χ1) is 27.9. The van der Waals surface area contributed by atoms with Gasteiger partial charge in [-0.05, 0) is 63.0 Å². The summed E-state index contributed by atoms with van der Waals surface area (Å²) in [7, 11) is 0. The molecule has 0 spiro atoms. The van der Waals surface area contributed by atoms with Crippen molar-refractivity contribution in [1.82, 2.24) is 0 Å². The maximum Gasteiger partial charge on any atom is 0.331 e. The molecule has 7 bridgehead atoms. The van der Waals surface area contributed by atoms with Crippen molar-refractivity contribution in [1.29, 1.82) is 0 Å². The van der Waals surface area contributed by atoms with Gasteiger partial charge in [-0.25, -0.2) is 4.79 Å². The van der Waals surface area contributed by atoms with E-state index in [2.05, 4.69) is 32.1 Å². The third-order valence-electron chi connectivity index (χ3n) is 12.0. The molecule has 6 rings (SSSR count). The number of unbranched alkanes of at least 4 members (excludes halogenated alkanes) is 1. The molecule has 0 radical (unpaired) electrons. The number of rotatable bonds is 7. The van der Waals surface area contributed by atoms with E-state index in [1.54, 1.807) is 18.2 Å². The smallest absolute Gasteiger partial charge is 0.331 e. The molecular weight excluding hydrogens is 741 g/mol. The predicted octanol–water partition coefficient (Wildman–Crippen LogP) is 6.80. The van der Waals surface area contributed by atoms with Crippen molar-refractivity contribution in [2.24, 2.45) is 17.8 Å². The number of hydrogen-bond donors (Lipinski definition) is 4. The number of hydrogen-bond acceptors (Lipinski definition) is 10. The average Bonchev–Trinajstić information content (AvgIpc) is 3.54. The fourth-order valence-corrected chi connectivity index (χ4v) is 8.38. The number of carboxylic acids is 1. The van der Waals surface area contributed by atoms with Gasteiger partial charge in [-0.3, -0.25) is 4.79 Å². The standard InChI is InChI=1S/C47H66O11/c1-30(17-14-15-23-44(50)51)27-31(2)47-40-26-25-34(54-47)18-10-6-5-7-11-19-35(48)46(53)43-28-36(49)32(3)37(56-43)21-16-22-38-33(4)41-29-42(55-38)39(57-41)20-12-8-9-13-24-45(52)58-40/h6,8-13,16,19-20,22,24-27,30,32-43,46-49,53H,5,7,14-15,17-18,21,23,28-29H2,1-4H3,(H,50,51)/b9-8?,10-6+,19-11+,20-12?,22-16+,24-13-,31-27+/t30-,32+,33+,34-,35+,36+,37-,38-,39+,40-,41-,42+,43+,46-,47+/m0/s1. The number of ether oxygens (including phenoxy) is 5. The zero-order chi connectivity index (χ0) is 41.6. The molecule has 58 heavy (non-hydrogen) atoms. The summed E-state index contributed by atoms with van der Waals surface area (Å²) in [6.45, 7) is 8.15. The lowest BCUT2D eigenvalue weighted by molar-refractivity contribution is -0.175. The molecule has 0 aromatic rings. The lowest BCUT2D eigenvalue weighted by atomic mass is 9.85. The number of esters is 1. The topological polar surface area (TPSA) is 161 Å². The van der Waals surface area contributed by atoms with Gasteiger partial charge in [-0.15, -0.1) is 0 Å². The molecule has 3 fully saturated rings. The molecule has 4 N–H and O–H groups in total. The lowest BCUT2D eigenvalue weighted by Crippen LogP contribution is -2.50. The monoisotopic (exact) mass is 806 g/mol. The first kappa shape index (κ1) is 45.7. The Bertz CT molecular complexity index is 1570. The van der Waals surface area contributed by atoms with E-state index in [1.807, 2.05) is 62.5 Å². The summed E-state index contributed by atoms with van der Waals surface area (Å²) in [5.41, 5.74) is 0.945. The van der Waals surface area contributed by atoms with Gasteiger partial charge in [-0.2, -0.15) is 0 Å². The number of carboxylic acid groups (broad SMARTS) is 1. The third kappa shape index (κ3) is 13.6. The Morgan fingerprint density at radius 1 is 0.759 bits per heavy atom. The highest BCUT2D eigenvalue weighted by atomic mass is 16.6. The molecule has 11 heteroatoms. The number of carbonyl (C=O) groups excluding carboxylic acids is 1. The number of aliphatic carboxylic acids is 1.